The van der Waals surface area contributed by atoms with Gasteiger partial charge in [-0.1, -0.05) is 30.3 Å². The fourth-order valence-corrected chi connectivity index (χ4v) is 4.10. The van der Waals surface area contributed by atoms with Gasteiger partial charge in [0.05, 0.1) is 5.75 Å². The first-order valence-corrected chi connectivity index (χ1v) is 9.35. The number of fused-ring (bicyclic) bond motifs is 3. The smallest absolute Gasteiger partial charge is 0.272 e. The standard InChI is InChI=1S/C18H15N3O3S/c22-18-17-14(8-9-19-17)15-10-13(6-7-16(15)20-18)21-25(23,24)11-12-4-2-1-3-5-12/h1-10,19,21H,11H2,(H,20,22). The number of hydrogen-bond acceptors (Lipinski definition) is 3. The van der Waals surface area contributed by atoms with Crippen LogP contribution in [0.1, 0.15) is 5.56 Å². The molecule has 4 aromatic rings. The van der Waals surface area contributed by atoms with Crippen LogP contribution in [0, 0.1) is 0 Å². The topological polar surface area (TPSA) is 94.8 Å². The fraction of sp³-hybridized carbons (Fsp3) is 0.0556. The van der Waals surface area contributed by atoms with Crippen molar-refractivity contribution in [3.63, 3.8) is 0 Å². The second kappa shape index (κ2) is 5.78. The minimum absolute atomic E-state index is 0.100. The Morgan fingerprint density at radius 2 is 1.76 bits per heavy atom. The van der Waals surface area contributed by atoms with E-state index in [1.54, 1.807) is 54.7 Å². The SMILES string of the molecule is O=c1[nH]c2ccc(NS(=O)(=O)Cc3ccccc3)cc2c2cc[nH]c12. The van der Waals surface area contributed by atoms with E-state index in [0.29, 0.717) is 22.3 Å². The van der Waals surface area contributed by atoms with Gasteiger partial charge in [-0.2, -0.15) is 0 Å². The molecular weight excluding hydrogens is 338 g/mol. The molecule has 0 amide bonds. The summed E-state index contributed by atoms with van der Waals surface area (Å²) in [7, 11) is -3.53. The lowest BCUT2D eigenvalue weighted by molar-refractivity contribution is 0.600. The van der Waals surface area contributed by atoms with Crippen molar-refractivity contribution in [2.24, 2.45) is 0 Å². The van der Waals surface area contributed by atoms with Crippen molar-refractivity contribution >= 4 is 37.5 Å². The summed E-state index contributed by atoms with van der Waals surface area (Å²) in [6.45, 7) is 0. The van der Waals surface area contributed by atoms with Crippen LogP contribution in [0.4, 0.5) is 5.69 Å². The molecule has 0 bridgehead atoms. The van der Waals surface area contributed by atoms with Gasteiger partial charge in [-0.3, -0.25) is 9.52 Å². The molecule has 2 heterocycles. The zero-order valence-electron chi connectivity index (χ0n) is 13.1. The van der Waals surface area contributed by atoms with Gasteiger partial charge in [-0.05, 0) is 29.8 Å². The molecule has 2 aromatic carbocycles. The molecule has 0 atom stereocenters. The minimum Gasteiger partial charge on any atom is -0.357 e. The van der Waals surface area contributed by atoms with E-state index >= 15 is 0 Å². The second-order valence-electron chi connectivity index (χ2n) is 5.83. The lowest BCUT2D eigenvalue weighted by Crippen LogP contribution is -2.15. The van der Waals surface area contributed by atoms with Crippen molar-refractivity contribution in [1.29, 1.82) is 0 Å². The van der Waals surface area contributed by atoms with Crippen LogP contribution in [-0.4, -0.2) is 18.4 Å². The average Bonchev–Trinajstić information content (AvgIpc) is 3.06. The highest BCUT2D eigenvalue weighted by molar-refractivity contribution is 7.91. The number of anilines is 1. The molecule has 0 aliphatic rings. The average molecular weight is 353 g/mol. The van der Waals surface area contributed by atoms with Crippen LogP contribution in [0.5, 0.6) is 0 Å². The summed E-state index contributed by atoms with van der Waals surface area (Å²) in [6, 6.07) is 15.9. The Kier molecular flexibility index (Phi) is 3.58. The third-order valence-electron chi connectivity index (χ3n) is 4.00. The quantitative estimate of drug-likeness (QED) is 0.526. The molecule has 6 nitrogen and oxygen atoms in total. The zero-order valence-corrected chi connectivity index (χ0v) is 13.9. The summed E-state index contributed by atoms with van der Waals surface area (Å²) >= 11 is 0. The Morgan fingerprint density at radius 3 is 2.56 bits per heavy atom. The maximum absolute atomic E-state index is 12.4. The Hall–Kier alpha value is -3.06. The van der Waals surface area contributed by atoms with Gasteiger partial charge in [-0.15, -0.1) is 0 Å². The van der Waals surface area contributed by atoms with Crippen LogP contribution in [0.25, 0.3) is 21.8 Å². The number of H-pyrrole nitrogens is 2. The van der Waals surface area contributed by atoms with E-state index in [4.69, 9.17) is 0 Å². The number of pyridine rings is 1. The van der Waals surface area contributed by atoms with Crippen molar-refractivity contribution in [1.82, 2.24) is 9.97 Å². The molecule has 0 aliphatic carbocycles. The van der Waals surface area contributed by atoms with Crippen molar-refractivity contribution in [3.8, 4) is 0 Å². The Labute approximate surface area is 143 Å². The van der Waals surface area contributed by atoms with Gasteiger partial charge in [0.1, 0.15) is 5.52 Å². The molecule has 0 radical (unpaired) electrons. The van der Waals surface area contributed by atoms with Crippen molar-refractivity contribution in [3.05, 3.63) is 76.7 Å². The zero-order chi connectivity index (χ0) is 17.4. The van der Waals surface area contributed by atoms with E-state index in [1.165, 1.54) is 0 Å². The molecule has 7 heteroatoms. The third kappa shape index (κ3) is 3.01. The van der Waals surface area contributed by atoms with Gasteiger partial charge in [0.2, 0.25) is 10.0 Å². The first-order chi connectivity index (χ1) is 12.0. The number of aromatic nitrogens is 2. The molecular formula is C18H15N3O3S. The molecule has 4 rings (SSSR count). The van der Waals surface area contributed by atoms with Gasteiger partial charge in [-0.25, -0.2) is 8.42 Å². The summed E-state index contributed by atoms with van der Waals surface area (Å²) in [4.78, 5) is 17.7. The molecule has 25 heavy (non-hydrogen) atoms. The fourth-order valence-electron chi connectivity index (χ4n) is 2.92. The van der Waals surface area contributed by atoms with Crippen LogP contribution in [0.3, 0.4) is 0 Å². The number of sulfonamides is 1. The number of nitrogens with one attached hydrogen (secondary N) is 3. The van der Waals surface area contributed by atoms with Crippen LogP contribution in [0.2, 0.25) is 0 Å². The lowest BCUT2D eigenvalue weighted by Gasteiger charge is -2.09. The second-order valence-corrected chi connectivity index (χ2v) is 7.55. The van der Waals surface area contributed by atoms with E-state index < -0.39 is 10.0 Å². The number of hydrogen-bond donors (Lipinski definition) is 3. The summed E-state index contributed by atoms with van der Waals surface area (Å²) in [5.41, 5.74) is 2.09. The van der Waals surface area contributed by atoms with E-state index in [-0.39, 0.29) is 11.3 Å². The number of aromatic amines is 2. The molecule has 0 aliphatic heterocycles. The minimum atomic E-state index is -3.53. The molecule has 0 fully saturated rings. The van der Waals surface area contributed by atoms with E-state index in [9.17, 15) is 13.2 Å². The first-order valence-electron chi connectivity index (χ1n) is 7.69. The predicted molar refractivity (Wildman–Crippen MR) is 99.1 cm³/mol. The highest BCUT2D eigenvalue weighted by atomic mass is 32.2. The van der Waals surface area contributed by atoms with Gasteiger partial charge < -0.3 is 9.97 Å². The summed E-state index contributed by atoms with van der Waals surface area (Å²) in [5.74, 6) is -0.100. The normalized spacial score (nSPS) is 11.8. The molecule has 0 spiro atoms. The number of benzene rings is 2. The Bertz CT molecular complexity index is 1220. The van der Waals surface area contributed by atoms with Crippen LogP contribution < -0.4 is 10.3 Å². The molecule has 3 N–H and O–H groups in total. The molecule has 126 valence electrons. The van der Waals surface area contributed by atoms with Gasteiger partial charge in [0.15, 0.2) is 0 Å². The molecule has 2 aromatic heterocycles. The van der Waals surface area contributed by atoms with Crippen LogP contribution >= 0.6 is 0 Å². The maximum Gasteiger partial charge on any atom is 0.272 e. The molecule has 0 saturated carbocycles. The van der Waals surface area contributed by atoms with E-state index in [2.05, 4.69) is 14.7 Å². The summed E-state index contributed by atoms with van der Waals surface area (Å²) in [6.07, 6.45) is 1.69. The summed E-state index contributed by atoms with van der Waals surface area (Å²) < 4.78 is 27.4. The predicted octanol–water partition coefficient (Wildman–Crippen LogP) is 2.95. The van der Waals surface area contributed by atoms with Crippen molar-refractivity contribution < 1.29 is 8.42 Å². The monoisotopic (exact) mass is 353 g/mol. The maximum atomic E-state index is 12.4. The van der Waals surface area contributed by atoms with Crippen molar-refractivity contribution in [2.45, 2.75) is 5.75 Å². The molecule has 0 unspecified atom stereocenters. The van der Waals surface area contributed by atoms with Gasteiger partial charge >= 0.3 is 0 Å². The highest BCUT2D eigenvalue weighted by Gasteiger charge is 2.13. The van der Waals surface area contributed by atoms with E-state index in [0.717, 1.165) is 10.8 Å². The van der Waals surface area contributed by atoms with Gasteiger partial charge in [0, 0.05) is 28.2 Å². The Balaban J connectivity index is 1.72. The van der Waals surface area contributed by atoms with Crippen LogP contribution in [0.15, 0.2) is 65.6 Å². The van der Waals surface area contributed by atoms with Gasteiger partial charge in [0.25, 0.3) is 5.56 Å². The lowest BCUT2D eigenvalue weighted by atomic mass is 10.1. The van der Waals surface area contributed by atoms with Crippen molar-refractivity contribution in [2.75, 3.05) is 4.72 Å². The van der Waals surface area contributed by atoms with Crippen LogP contribution in [-0.2, 0) is 15.8 Å². The number of rotatable bonds is 4. The highest BCUT2D eigenvalue weighted by Crippen LogP contribution is 2.24. The first kappa shape index (κ1) is 15.5. The molecule has 0 saturated heterocycles. The third-order valence-corrected chi connectivity index (χ3v) is 5.26. The van der Waals surface area contributed by atoms with E-state index in [1.807, 2.05) is 6.07 Å². The Morgan fingerprint density at radius 1 is 0.960 bits per heavy atom. The summed E-state index contributed by atoms with van der Waals surface area (Å²) in [5, 5.41) is 1.53. The largest absolute Gasteiger partial charge is 0.357 e.